The fraction of sp³-hybridized carbons (Fsp3) is 0.636. The molecule has 1 aliphatic rings. The lowest BCUT2D eigenvalue weighted by Crippen LogP contribution is -2.43. The summed E-state index contributed by atoms with van der Waals surface area (Å²) in [6.07, 6.45) is -9.56. The van der Waals surface area contributed by atoms with Gasteiger partial charge in [-0.1, -0.05) is 0 Å². The number of alkyl halides is 5. The molecule has 1 aromatic heterocycles. The molecule has 3 atom stereocenters. The first-order valence-electron chi connectivity index (χ1n) is 6.33. The number of halogens is 5. The van der Waals surface area contributed by atoms with E-state index in [1.165, 1.54) is 4.98 Å². The summed E-state index contributed by atoms with van der Waals surface area (Å²) < 4.78 is 69.5. The number of rotatable bonds is 3. The van der Waals surface area contributed by atoms with Crippen LogP contribution in [-0.2, 0) is 10.7 Å². The van der Waals surface area contributed by atoms with Gasteiger partial charge >= 0.3 is 17.8 Å². The highest BCUT2D eigenvalue weighted by Crippen LogP contribution is 2.42. The normalized spacial score (nSPS) is 25.8. The van der Waals surface area contributed by atoms with E-state index < -0.39 is 47.3 Å². The highest BCUT2D eigenvalue weighted by molar-refractivity contribution is 5.15. The van der Waals surface area contributed by atoms with Crippen molar-refractivity contribution in [3.05, 3.63) is 32.6 Å². The zero-order valence-corrected chi connectivity index (χ0v) is 11.3. The minimum atomic E-state index is -6.02. The summed E-state index contributed by atoms with van der Waals surface area (Å²) in [5, 5.41) is 9.60. The van der Waals surface area contributed by atoms with Crippen LogP contribution >= 0.6 is 0 Å². The summed E-state index contributed by atoms with van der Waals surface area (Å²) in [5.41, 5.74) is 0.236. The Morgan fingerprint density at radius 2 is 1.96 bits per heavy atom. The van der Waals surface area contributed by atoms with Gasteiger partial charge in [0, 0.05) is 19.2 Å². The first-order valence-corrected chi connectivity index (χ1v) is 6.33. The Kier molecular flexibility index (Phi) is 4.34. The number of H-pyrrole nitrogens is 1. The number of nitrogens with one attached hydrogen (secondary N) is 1. The molecule has 7 nitrogen and oxygen atoms in total. The minimum absolute atomic E-state index is 0.0882. The van der Waals surface area contributed by atoms with Crippen molar-refractivity contribution < 1.29 is 31.8 Å². The molecular weight excluding hydrogens is 333 g/mol. The van der Waals surface area contributed by atoms with E-state index in [0.717, 1.165) is 0 Å². The Morgan fingerprint density at radius 1 is 1.35 bits per heavy atom. The maximum atomic E-state index is 13.4. The Bertz CT molecular complexity index is 698. The minimum Gasteiger partial charge on any atom is -0.390 e. The third kappa shape index (κ3) is 3.01. The van der Waals surface area contributed by atoms with Crippen LogP contribution in [-0.4, -0.2) is 39.6 Å². The molecular formula is C11H12F5N3O4. The van der Waals surface area contributed by atoms with Crippen molar-refractivity contribution in [1.82, 2.24) is 9.55 Å². The van der Waals surface area contributed by atoms with E-state index in [4.69, 9.17) is 10.5 Å². The van der Waals surface area contributed by atoms with Gasteiger partial charge in [0.25, 0.3) is 5.56 Å². The van der Waals surface area contributed by atoms with Crippen LogP contribution in [0, 0.1) is 0 Å². The number of nitrogens with zero attached hydrogens (tertiary/aromatic N) is 1. The van der Waals surface area contributed by atoms with Crippen molar-refractivity contribution in [3.63, 3.8) is 0 Å². The largest absolute Gasteiger partial charge is 0.458 e. The van der Waals surface area contributed by atoms with Gasteiger partial charge in [0.2, 0.25) is 0 Å². The Morgan fingerprint density at radius 3 is 2.43 bits per heavy atom. The Hall–Kier alpha value is -1.79. The van der Waals surface area contributed by atoms with E-state index in [-0.39, 0.29) is 19.2 Å². The second-order valence-corrected chi connectivity index (χ2v) is 4.95. The fourth-order valence-corrected chi connectivity index (χ4v) is 2.17. The lowest BCUT2D eigenvalue weighted by molar-refractivity contribution is -0.290. The first kappa shape index (κ1) is 17.6. The van der Waals surface area contributed by atoms with E-state index in [0.29, 0.717) is 4.57 Å². The quantitative estimate of drug-likeness (QED) is 0.657. The number of nitrogens with two attached hydrogens (primary N) is 1. The van der Waals surface area contributed by atoms with Gasteiger partial charge in [0.05, 0.1) is 12.2 Å². The summed E-state index contributed by atoms with van der Waals surface area (Å²) in [7, 11) is 0. The van der Waals surface area contributed by atoms with Crippen molar-refractivity contribution in [2.75, 3.05) is 6.54 Å². The van der Waals surface area contributed by atoms with Gasteiger partial charge in [-0.15, -0.1) is 0 Å². The predicted molar refractivity (Wildman–Crippen MR) is 64.9 cm³/mol. The third-order valence-electron chi connectivity index (χ3n) is 3.41. The molecule has 2 heterocycles. The van der Waals surface area contributed by atoms with Gasteiger partial charge in [0.1, 0.15) is 11.8 Å². The smallest absolute Gasteiger partial charge is 0.390 e. The fourth-order valence-electron chi connectivity index (χ4n) is 2.17. The van der Waals surface area contributed by atoms with Crippen molar-refractivity contribution in [1.29, 1.82) is 0 Å². The monoisotopic (exact) mass is 345 g/mol. The van der Waals surface area contributed by atoms with Crippen LogP contribution < -0.4 is 17.0 Å². The molecule has 1 saturated heterocycles. The Balaban J connectivity index is 2.51. The summed E-state index contributed by atoms with van der Waals surface area (Å²) in [6.45, 7) is -0.151. The summed E-state index contributed by atoms with van der Waals surface area (Å²) >= 11 is 0. The summed E-state index contributed by atoms with van der Waals surface area (Å²) in [5.74, 6) is -5.46. The molecule has 1 aromatic rings. The van der Waals surface area contributed by atoms with Crippen molar-refractivity contribution in [2.24, 2.45) is 5.73 Å². The van der Waals surface area contributed by atoms with Crippen LogP contribution in [0.4, 0.5) is 22.0 Å². The molecule has 0 bridgehead atoms. The van der Waals surface area contributed by atoms with Crippen molar-refractivity contribution in [3.8, 4) is 0 Å². The van der Waals surface area contributed by atoms with Crippen LogP contribution in [0.2, 0.25) is 0 Å². The topological polar surface area (TPSA) is 110 Å². The number of hydrogen-bond donors (Lipinski definition) is 3. The van der Waals surface area contributed by atoms with Crippen LogP contribution in [0.5, 0.6) is 0 Å². The zero-order valence-electron chi connectivity index (χ0n) is 11.3. The van der Waals surface area contributed by atoms with E-state index in [9.17, 15) is 36.6 Å². The summed E-state index contributed by atoms with van der Waals surface area (Å²) in [6, 6.07) is 0. The van der Waals surface area contributed by atoms with Crippen LogP contribution in [0.25, 0.3) is 0 Å². The molecule has 0 unspecified atom stereocenters. The molecule has 23 heavy (non-hydrogen) atoms. The van der Waals surface area contributed by atoms with Crippen molar-refractivity contribution >= 4 is 0 Å². The number of aliphatic hydroxyl groups excluding tert-OH is 1. The molecule has 2 rings (SSSR count). The van der Waals surface area contributed by atoms with E-state index >= 15 is 0 Å². The molecule has 12 heteroatoms. The molecule has 0 amide bonds. The first-order chi connectivity index (χ1) is 10.5. The second-order valence-electron chi connectivity index (χ2n) is 4.95. The highest BCUT2D eigenvalue weighted by atomic mass is 19.4. The van der Waals surface area contributed by atoms with Crippen LogP contribution in [0.3, 0.4) is 0 Å². The second kappa shape index (κ2) is 5.69. The molecule has 1 aliphatic heterocycles. The molecule has 0 spiro atoms. The van der Waals surface area contributed by atoms with E-state index in [2.05, 4.69) is 0 Å². The number of aliphatic hydroxyl groups is 1. The molecule has 4 N–H and O–H groups in total. The van der Waals surface area contributed by atoms with Crippen LogP contribution in [0.15, 0.2) is 15.8 Å². The van der Waals surface area contributed by atoms with E-state index in [1.807, 2.05) is 0 Å². The average Bonchev–Trinajstić information content (AvgIpc) is 2.78. The predicted octanol–water partition coefficient (Wildman–Crippen LogP) is -0.202. The number of ether oxygens (including phenoxy) is 1. The molecule has 1 fully saturated rings. The maximum Gasteiger partial charge on any atom is 0.458 e. The Labute approximate surface area is 124 Å². The highest BCUT2D eigenvalue weighted by Gasteiger charge is 2.60. The molecule has 0 radical (unpaired) electrons. The maximum absolute atomic E-state index is 13.4. The average molecular weight is 345 g/mol. The molecule has 0 saturated carbocycles. The van der Waals surface area contributed by atoms with Gasteiger partial charge in [-0.3, -0.25) is 14.3 Å². The van der Waals surface area contributed by atoms with Crippen LogP contribution in [0.1, 0.15) is 18.2 Å². The number of aromatic amines is 1. The number of hydrogen-bond acceptors (Lipinski definition) is 5. The van der Waals surface area contributed by atoms with Gasteiger partial charge in [-0.25, -0.2) is 4.79 Å². The van der Waals surface area contributed by atoms with Gasteiger partial charge in [0.15, 0.2) is 0 Å². The van der Waals surface area contributed by atoms with E-state index in [1.54, 1.807) is 0 Å². The third-order valence-corrected chi connectivity index (χ3v) is 3.41. The SMILES string of the molecule is NC[C@H]1O[C@@H](n2cc(C(F)(F)C(F)(F)F)c(=O)[nH]c2=O)C[C@@H]1O. The molecule has 130 valence electrons. The summed E-state index contributed by atoms with van der Waals surface area (Å²) in [4.78, 5) is 24.4. The van der Waals surface area contributed by atoms with Gasteiger partial charge in [-0.05, 0) is 0 Å². The molecule has 0 aromatic carbocycles. The zero-order chi connectivity index (χ0) is 17.6. The van der Waals surface area contributed by atoms with Gasteiger partial charge < -0.3 is 15.6 Å². The van der Waals surface area contributed by atoms with Crippen molar-refractivity contribution in [2.45, 2.75) is 37.0 Å². The standard InChI is InChI=1S/C11H12F5N3O4/c12-10(13,11(14,15)16)4-3-19(9(22)18-8(4)21)7-1-5(20)6(2-17)23-7/h3,5-7,20H,1-2,17H2,(H,18,21,22)/t5-,6+,7+/m0/s1. The lowest BCUT2D eigenvalue weighted by atomic mass is 10.1. The lowest BCUT2D eigenvalue weighted by Gasteiger charge is -2.21. The number of aromatic nitrogens is 2. The molecule has 0 aliphatic carbocycles. The van der Waals surface area contributed by atoms with Gasteiger partial charge in [-0.2, -0.15) is 22.0 Å².